The van der Waals surface area contributed by atoms with Crippen molar-refractivity contribution in [3.63, 3.8) is 0 Å². The molecule has 0 aliphatic rings. The van der Waals surface area contributed by atoms with Gasteiger partial charge in [0.2, 0.25) is 0 Å². The Morgan fingerprint density at radius 2 is 1.86 bits per heavy atom. The lowest BCUT2D eigenvalue weighted by molar-refractivity contribution is -0.137. The van der Waals surface area contributed by atoms with Crippen molar-refractivity contribution in [3.8, 4) is 6.07 Å². The molecule has 0 saturated heterocycles. The summed E-state index contributed by atoms with van der Waals surface area (Å²) in [5.41, 5.74) is -0.363. The van der Waals surface area contributed by atoms with Gasteiger partial charge in [0.05, 0.1) is 11.1 Å². The highest BCUT2D eigenvalue weighted by Gasteiger charge is 2.30. The van der Waals surface area contributed by atoms with Crippen molar-refractivity contribution in [2.24, 2.45) is 0 Å². The first-order chi connectivity index (χ1) is 10.5. The first kappa shape index (κ1) is 15.6. The lowest BCUT2D eigenvalue weighted by atomic mass is 10.3. The molecule has 0 amide bonds. The van der Waals surface area contributed by atoms with Crippen molar-refractivity contribution in [3.05, 3.63) is 47.8 Å². The van der Waals surface area contributed by atoms with Crippen molar-refractivity contribution in [1.29, 1.82) is 5.26 Å². The monoisotopic (exact) mass is 307 g/mol. The number of rotatable bonds is 5. The standard InChI is InChI=1S/C14H12F3N5/c15-14(16,17)11-3-4-12(22-9-11)19-6-7-21-13-10(8-18)2-1-5-20-13/h1-5,9H,6-7H2,(H,19,22)(H,20,21). The van der Waals surface area contributed by atoms with Crippen LogP contribution in [0.4, 0.5) is 24.8 Å². The van der Waals surface area contributed by atoms with Crippen LogP contribution in [0.3, 0.4) is 0 Å². The van der Waals surface area contributed by atoms with E-state index in [-0.39, 0.29) is 0 Å². The second-order valence-electron chi connectivity index (χ2n) is 4.29. The van der Waals surface area contributed by atoms with Gasteiger partial charge in [-0.15, -0.1) is 0 Å². The van der Waals surface area contributed by atoms with E-state index in [1.165, 1.54) is 6.07 Å². The second-order valence-corrected chi connectivity index (χ2v) is 4.29. The molecule has 0 saturated carbocycles. The minimum atomic E-state index is -4.39. The van der Waals surface area contributed by atoms with Gasteiger partial charge < -0.3 is 10.6 Å². The Hall–Kier alpha value is -2.82. The number of hydrogen-bond donors (Lipinski definition) is 2. The minimum Gasteiger partial charge on any atom is -0.368 e. The molecule has 22 heavy (non-hydrogen) atoms. The van der Waals surface area contributed by atoms with E-state index in [1.807, 2.05) is 6.07 Å². The number of halogens is 3. The van der Waals surface area contributed by atoms with Crippen molar-refractivity contribution >= 4 is 11.6 Å². The van der Waals surface area contributed by atoms with E-state index >= 15 is 0 Å². The Morgan fingerprint density at radius 3 is 2.50 bits per heavy atom. The normalized spacial score (nSPS) is 10.8. The fourth-order valence-electron chi connectivity index (χ4n) is 1.67. The molecule has 0 aliphatic heterocycles. The molecular formula is C14H12F3N5. The molecule has 0 unspecified atom stereocenters. The van der Waals surface area contributed by atoms with Gasteiger partial charge in [-0.2, -0.15) is 18.4 Å². The van der Waals surface area contributed by atoms with Crippen LogP contribution in [0.25, 0.3) is 0 Å². The number of hydrogen-bond acceptors (Lipinski definition) is 5. The third-order valence-corrected chi connectivity index (χ3v) is 2.74. The SMILES string of the molecule is N#Cc1cccnc1NCCNc1ccc(C(F)(F)F)cn1. The summed E-state index contributed by atoms with van der Waals surface area (Å²) in [7, 11) is 0. The molecule has 0 aromatic carbocycles. The number of alkyl halides is 3. The highest BCUT2D eigenvalue weighted by atomic mass is 19.4. The van der Waals surface area contributed by atoms with E-state index < -0.39 is 11.7 Å². The van der Waals surface area contributed by atoms with E-state index in [1.54, 1.807) is 18.3 Å². The number of nitrogens with one attached hydrogen (secondary N) is 2. The lowest BCUT2D eigenvalue weighted by Crippen LogP contribution is -2.16. The molecule has 0 atom stereocenters. The number of anilines is 2. The quantitative estimate of drug-likeness (QED) is 0.831. The summed E-state index contributed by atoms with van der Waals surface area (Å²) in [5, 5.41) is 14.7. The Morgan fingerprint density at radius 1 is 1.09 bits per heavy atom. The van der Waals surface area contributed by atoms with E-state index in [0.717, 1.165) is 12.3 Å². The molecule has 2 rings (SSSR count). The predicted octanol–water partition coefficient (Wildman–Crippen LogP) is 2.89. The average molecular weight is 307 g/mol. The summed E-state index contributed by atoms with van der Waals surface area (Å²) < 4.78 is 37.1. The maximum Gasteiger partial charge on any atom is 0.417 e. The summed E-state index contributed by atoms with van der Waals surface area (Å²) in [4.78, 5) is 7.73. The summed E-state index contributed by atoms with van der Waals surface area (Å²) in [6.45, 7) is 0.855. The molecule has 2 heterocycles. The van der Waals surface area contributed by atoms with Gasteiger partial charge in [0.25, 0.3) is 0 Å². The highest BCUT2D eigenvalue weighted by molar-refractivity contribution is 5.51. The maximum atomic E-state index is 12.4. The van der Waals surface area contributed by atoms with Gasteiger partial charge in [0.15, 0.2) is 0 Å². The third-order valence-electron chi connectivity index (χ3n) is 2.74. The molecule has 2 aromatic rings. The van der Waals surface area contributed by atoms with Crippen LogP contribution >= 0.6 is 0 Å². The van der Waals surface area contributed by atoms with Gasteiger partial charge in [-0.3, -0.25) is 0 Å². The highest BCUT2D eigenvalue weighted by Crippen LogP contribution is 2.28. The van der Waals surface area contributed by atoms with Crippen LogP contribution in [-0.2, 0) is 6.18 Å². The number of nitrogens with zero attached hydrogens (tertiary/aromatic N) is 3. The molecule has 5 nitrogen and oxygen atoms in total. The topological polar surface area (TPSA) is 73.6 Å². The Balaban J connectivity index is 1.83. The van der Waals surface area contributed by atoms with Crippen molar-refractivity contribution in [2.75, 3.05) is 23.7 Å². The van der Waals surface area contributed by atoms with Gasteiger partial charge in [0.1, 0.15) is 17.7 Å². The van der Waals surface area contributed by atoms with Crippen LogP contribution in [0.1, 0.15) is 11.1 Å². The van der Waals surface area contributed by atoms with E-state index in [0.29, 0.717) is 30.3 Å². The van der Waals surface area contributed by atoms with Crippen molar-refractivity contribution in [1.82, 2.24) is 9.97 Å². The fraction of sp³-hybridized carbons (Fsp3) is 0.214. The van der Waals surface area contributed by atoms with Crippen LogP contribution in [0.15, 0.2) is 36.7 Å². The average Bonchev–Trinajstić information content (AvgIpc) is 2.51. The van der Waals surface area contributed by atoms with Crippen LogP contribution in [0, 0.1) is 11.3 Å². The van der Waals surface area contributed by atoms with Gasteiger partial charge in [-0.25, -0.2) is 9.97 Å². The van der Waals surface area contributed by atoms with Crippen molar-refractivity contribution < 1.29 is 13.2 Å². The zero-order chi connectivity index (χ0) is 16.0. The molecule has 8 heteroatoms. The molecule has 0 bridgehead atoms. The zero-order valence-corrected chi connectivity index (χ0v) is 11.4. The molecule has 0 spiro atoms. The summed E-state index contributed by atoms with van der Waals surface area (Å²) in [6, 6.07) is 7.55. The molecule has 0 aliphatic carbocycles. The van der Waals surface area contributed by atoms with Gasteiger partial charge in [0, 0.05) is 25.5 Å². The zero-order valence-electron chi connectivity index (χ0n) is 11.4. The maximum absolute atomic E-state index is 12.4. The smallest absolute Gasteiger partial charge is 0.368 e. The first-order valence-electron chi connectivity index (χ1n) is 6.37. The van der Waals surface area contributed by atoms with Crippen molar-refractivity contribution in [2.45, 2.75) is 6.18 Å². The van der Waals surface area contributed by atoms with Gasteiger partial charge in [-0.05, 0) is 24.3 Å². The van der Waals surface area contributed by atoms with E-state index in [4.69, 9.17) is 5.26 Å². The Kier molecular flexibility index (Phi) is 4.78. The second kappa shape index (κ2) is 6.76. The van der Waals surface area contributed by atoms with Gasteiger partial charge in [-0.1, -0.05) is 0 Å². The van der Waals surface area contributed by atoms with E-state index in [9.17, 15) is 13.2 Å². The van der Waals surface area contributed by atoms with Crippen LogP contribution < -0.4 is 10.6 Å². The van der Waals surface area contributed by atoms with Gasteiger partial charge >= 0.3 is 6.18 Å². The fourth-order valence-corrected chi connectivity index (χ4v) is 1.67. The van der Waals surface area contributed by atoms with Crippen LogP contribution in [-0.4, -0.2) is 23.1 Å². The minimum absolute atomic E-state index is 0.344. The Bertz CT molecular complexity index is 661. The molecule has 114 valence electrons. The first-order valence-corrected chi connectivity index (χ1v) is 6.37. The van der Waals surface area contributed by atoms with Crippen LogP contribution in [0.5, 0.6) is 0 Å². The number of aromatic nitrogens is 2. The van der Waals surface area contributed by atoms with Crippen LogP contribution in [0.2, 0.25) is 0 Å². The summed E-state index contributed by atoms with van der Waals surface area (Å²) in [5.74, 6) is 0.809. The lowest BCUT2D eigenvalue weighted by Gasteiger charge is -2.10. The predicted molar refractivity (Wildman–Crippen MR) is 75.2 cm³/mol. The molecule has 0 radical (unpaired) electrons. The molecular weight excluding hydrogens is 295 g/mol. The molecule has 2 aromatic heterocycles. The summed E-state index contributed by atoms with van der Waals surface area (Å²) >= 11 is 0. The third kappa shape index (κ3) is 4.09. The largest absolute Gasteiger partial charge is 0.417 e. The Labute approximate surface area is 124 Å². The molecule has 2 N–H and O–H groups in total. The summed E-state index contributed by atoms with van der Waals surface area (Å²) in [6.07, 6.45) is -2.05. The number of pyridine rings is 2. The van der Waals surface area contributed by atoms with E-state index in [2.05, 4.69) is 20.6 Å². The number of nitriles is 1. The molecule has 0 fully saturated rings.